The van der Waals surface area contributed by atoms with Gasteiger partial charge in [0.05, 0.1) is 0 Å². The Morgan fingerprint density at radius 2 is 1.11 bits per heavy atom. The molecule has 0 nitrogen and oxygen atoms in total. The van der Waals surface area contributed by atoms with Gasteiger partial charge in [0.1, 0.15) is 0 Å². The summed E-state index contributed by atoms with van der Waals surface area (Å²) in [6.07, 6.45) is 0. The van der Waals surface area contributed by atoms with Crippen LogP contribution in [0.25, 0.3) is 0 Å². The number of hydrogen-bond donors (Lipinski definition) is 0. The molecule has 0 radical (unpaired) electrons. The van der Waals surface area contributed by atoms with E-state index in [1.807, 2.05) is 12.1 Å². The van der Waals surface area contributed by atoms with Crippen molar-refractivity contribution in [3.05, 3.63) is 31.8 Å². The molecule has 3 heteroatoms. The van der Waals surface area contributed by atoms with Gasteiger partial charge in [0.15, 0.2) is 0 Å². The van der Waals surface area contributed by atoms with Gasteiger partial charge in [0.25, 0.3) is 0 Å². The second-order valence-corrected chi connectivity index (χ2v) is 52.3. The Hall–Kier alpha value is 1.50. The molecule has 9 heavy (non-hydrogen) atoms. The van der Waals surface area contributed by atoms with E-state index in [0.29, 0.717) is 0 Å². The maximum absolute atomic E-state index is 3.78. The zero-order chi connectivity index (χ0) is 7.57. The molecule has 0 bridgehead atoms. The molecule has 52 valence electrons. The van der Waals surface area contributed by atoms with Crippen LogP contribution in [0, 0.1) is 0 Å². The zero-order valence-corrected chi connectivity index (χ0v) is 11.9. The van der Waals surface area contributed by atoms with Crippen LogP contribution in [0.2, 0.25) is 0 Å². The average Bonchev–Trinajstić information content (AvgIpc) is 1.90. The molecule has 0 aromatic rings. The number of rotatable bonds is 3. The van der Waals surface area contributed by atoms with Gasteiger partial charge in [-0.05, 0) is 0 Å². The summed E-state index contributed by atoms with van der Waals surface area (Å²) >= 11 is 4.87. The van der Waals surface area contributed by atoms with Gasteiger partial charge in [-0.2, -0.15) is 0 Å². The van der Waals surface area contributed by atoms with Gasteiger partial charge in [0.2, 0.25) is 0 Å². The second kappa shape index (κ2) is 3.26. The Kier molecular flexibility index (Phi) is 3.81. The molecular weight excluding hydrogens is 448 g/mol. The first-order valence-corrected chi connectivity index (χ1v) is 21.6. The van der Waals surface area contributed by atoms with Crippen molar-refractivity contribution in [1.82, 2.24) is 0 Å². The third-order valence-corrected chi connectivity index (χ3v) is 22.9. The molecule has 0 aromatic heterocycles. The molecule has 0 rings (SSSR count). The van der Waals surface area contributed by atoms with Crippen molar-refractivity contribution in [3.63, 3.8) is 0 Å². The minimum atomic E-state index is -2.63. The van der Waals surface area contributed by atoms with E-state index in [-0.39, 0.29) is 0 Å². The topological polar surface area (TPSA) is 0 Å². The molecule has 0 saturated heterocycles. The van der Waals surface area contributed by atoms with E-state index in [4.69, 9.17) is 0 Å². The Morgan fingerprint density at radius 3 is 1.11 bits per heavy atom. The minimum absolute atomic E-state index is 2.01. The van der Waals surface area contributed by atoms with E-state index in [2.05, 4.69) is 56.7 Å². The molecule has 0 saturated carbocycles. The van der Waals surface area contributed by atoms with Gasteiger partial charge in [0, 0.05) is 0 Å². The standard InChI is InChI=1S/3C2H3.2HI.Sb/c3*1-2;;;/h3*1H,2H2;2*1H;/q;;;;;+2/p-2. The van der Waals surface area contributed by atoms with E-state index in [0.717, 1.165) is 0 Å². The molecule has 0 N–H and O–H groups in total. The Bertz CT molecular complexity index is 132. The van der Waals surface area contributed by atoms with Crippen molar-refractivity contribution in [2.24, 2.45) is 0 Å². The van der Waals surface area contributed by atoms with Crippen LogP contribution in [0.3, 0.4) is 0 Å². The number of halogens is 2. The van der Waals surface area contributed by atoms with Crippen LogP contribution in [-0.2, 0) is 0 Å². The maximum atomic E-state index is 3.78. The fraction of sp³-hybridized carbons (Fsp3) is 0. The summed E-state index contributed by atoms with van der Waals surface area (Å²) in [7, 11) is -2.63. The van der Waals surface area contributed by atoms with Crippen LogP contribution in [0.4, 0.5) is 0 Å². The molecule has 0 heterocycles. The van der Waals surface area contributed by atoms with E-state index >= 15 is 0 Å². The third-order valence-electron chi connectivity index (χ3n) is 1.05. The Labute approximate surface area is 76.7 Å². The first-order chi connectivity index (χ1) is 3.96. The molecule has 0 aliphatic rings. The van der Waals surface area contributed by atoms with Crippen molar-refractivity contribution in [3.8, 4) is 0 Å². The zero-order valence-electron chi connectivity index (χ0n) is 5.06. The van der Waals surface area contributed by atoms with Gasteiger partial charge in [-0.25, -0.2) is 0 Å². The van der Waals surface area contributed by atoms with Crippen LogP contribution >= 0.6 is 37.0 Å². The molecule has 0 aliphatic heterocycles. The molecule has 0 aromatic carbocycles. The molecule has 0 aliphatic carbocycles. The summed E-state index contributed by atoms with van der Waals surface area (Å²) in [5, 5.41) is 0. The van der Waals surface area contributed by atoms with E-state index in [9.17, 15) is 0 Å². The summed E-state index contributed by atoms with van der Waals surface area (Å²) in [6, 6.07) is 0. The summed E-state index contributed by atoms with van der Waals surface area (Å²) < 4.78 is 6.02. The predicted octanol–water partition coefficient (Wildman–Crippen LogP) is 3.43. The van der Waals surface area contributed by atoms with Crippen molar-refractivity contribution in [2.75, 3.05) is 0 Å². The van der Waals surface area contributed by atoms with Crippen molar-refractivity contribution >= 4 is 46.4 Å². The van der Waals surface area contributed by atoms with Crippen molar-refractivity contribution < 1.29 is 0 Å². The number of hydrogen-bond acceptors (Lipinski definition) is 0. The average molecular weight is 457 g/mol. The monoisotopic (exact) mass is 456 g/mol. The molecule has 0 spiro atoms. The van der Waals surface area contributed by atoms with E-state index < -0.39 is 9.36 Å². The normalized spacial score (nSPS) is 15.1. The third kappa shape index (κ3) is 2.93. The summed E-state index contributed by atoms with van der Waals surface area (Å²) in [5.74, 6) is 0. The van der Waals surface area contributed by atoms with Gasteiger partial charge in [-0.3, -0.25) is 0 Å². The Morgan fingerprint density at radius 1 is 0.889 bits per heavy atom. The molecule has 0 fully saturated rings. The van der Waals surface area contributed by atoms with E-state index in [1.54, 1.807) is 0 Å². The van der Waals surface area contributed by atoms with Gasteiger partial charge in [-0.15, -0.1) is 0 Å². The molecule has 0 atom stereocenters. The molecule has 0 unspecified atom stereocenters. The van der Waals surface area contributed by atoms with Gasteiger partial charge in [-0.1, -0.05) is 0 Å². The van der Waals surface area contributed by atoms with Gasteiger partial charge >= 0.3 is 78.2 Å². The fourth-order valence-electron chi connectivity index (χ4n) is 0.224. The fourth-order valence-corrected chi connectivity index (χ4v) is 1.50. The van der Waals surface area contributed by atoms with Crippen LogP contribution in [0.15, 0.2) is 31.8 Å². The quantitative estimate of drug-likeness (QED) is 0.451. The van der Waals surface area contributed by atoms with Crippen molar-refractivity contribution in [1.29, 1.82) is 0 Å². The van der Waals surface area contributed by atoms with Crippen LogP contribution in [0.1, 0.15) is 0 Å². The van der Waals surface area contributed by atoms with Crippen molar-refractivity contribution in [2.45, 2.75) is 0 Å². The van der Waals surface area contributed by atoms with Crippen LogP contribution in [0.5, 0.6) is 0 Å². The SMILES string of the molecule is C=[CH][Sb]([I])([I])([CH]=C)[CH]=C. The predicted molar refractivity (Wildman–Crippen MR) is 64.4 cm³/mol. The second-order valence-electron chi connectivity index (χ2n) is 1.64. The first kappa shape index (κ1) is 10.5. The summed E-state index contributed by atoms with van der Waals surface area (Å²) in [5.41, 5.74) is 0. The molecule has 0 amide bonds. The Balaban J connectivity index is 4.81. The van der Waals surface area contributed by atoms with Gasteiger partial charge < -0.3 is 0 Å². The summed E-state index contributed by atoms with van der Waals surface area (Å²) in [6.45, 7) is 11.3. The molecular formula is C6H9I2Sb. The van der Waals surface area contributed by atoms with Crippen LogP contribution < -0.4 is 0 Å². The first-order valence-electron chi connectivity index (χ1n) is 2.34. The van der Waals surface area contributed by atoms with E-state index in [1.165, 1.54) is 0 Å². The van der Waals surface area contributed by atoms with Crippen LogP contribution in [-0.4, -0.2) is 9.36 Å². The summed E-state index contributed by atoms with van der Waals surface area (Å²) in [4.78, 5) is 0.